The van der Waals surface area contributed by atoms with Gasteiger partial charge in [0.05, 0.1) is 22.7 Å². The van der Waals surface area contributed by atoms with Crippen molar-refractivity contribution in [1.82, 2.24) is 0 Å². The van der Waals surface area contributed by atoms with Crippen molar-refractivity contribution in [2.45, 2.75) is 0 Å². The molecule has 0 bridgehead atoms. The third-order valence-corrected chi connectivity index (χ3v) is 3.52. The zero-order chi connectivity index (χ0) is 13.0. The highest BCUT2D eigenvalue weighted by Crippen LogP contribution is 2.19. The Balaban J connectivity index is 2.15. The van der Waals surface area contributed by atoms with Gasteiger partial charge in [-0.15, -0.1) is 11.3 Å². The average molecular weight is 256 g/mol. The fourth-order valence-electron chi connectivity index (χ4n) is 1.72. The topological polar surface area (TPSA) is 44.1 Å². The van der Waals surface area contributed by atoms with Crippen LogP contribution < -0.4 is 4.90 Å². The standard InChI is InChI=1S/C14H12N2OS/c1-16(10-13(17)14-7-4-8-18-14)12-6-3-2-5-11(12)9-15/h2-8H,10H2,1H3. The van der Waals surface area contributed by atoms with E-state index in [0.717, 1.165) is 10.6 Å². The van der Waals surface area contributed by atoms with Crippen LogP contribution in [0.15, 0.2) is 41.8 Å². The molecule has 0 spiro atoms. The number of likely N-dealkylation sites (N-methyl/N-ethyl adjacent to an activating group) is 1. The van der Waals surface area contributed by atoms with E-state index in [4.69, 9.17) is 5.26 Å². The smallest absolute Gasteiger partial charge is 0.191 e. The Bertz CT molecular complexity index is 584. The summed E-state index contributed by atoms with van der Waals surface area (Å²) in [5.41, 5.74) is 1.36. The van der Waals surface area contributed by atoms with Crippen molar-refractivity contribution >= 4 is 22.8 Å². The van der Waals surface area contributed by atoms with Crippen LogP contribution in [-0.2, 0) is 0 Å². The first kappa shape index (κ1) is 12.3. The first-order valence-corrected chi connectivity index (χ1v) is 6.37. The van der Waals surface area contributed by atoms with Gasteiger partial charge in [-0.05, 0) is 23.6 Å². The molecule has 3 nitrogen and oxygen atoms in total. The Morgan fingerprint density at radius 3 is 2.78 bits per heavy atom. The fraction of sp³-hybridized carbons (Fsp3) is 0.143. The molecule has 0 aliphatic carbocycles. The number of carbonyl (C=O) groups is 1. The quantitative estimate of drug-likeness (QED) is 0.790. The lowest BCUT2D eigenvalue weighted by atomic mass is 10.1. The summed E-state index contributed by atoms with van der Waals surface area (Å²) in [5, 5.41) is 10.9. The number of ketones is 1. The predicted octanol–water partition coefficient (Wildman–Crippen LogP) is 2.94. The number of Topliss-reactive ketones (excluding diaryl/α,β-unsaturated/α-hetero) is 1. The molecule has 0 aliphatic heterocycles. The molecular formula is C14H12N2OS. The second kappa shape index (κ2) is 5.48. The molecule has 2 rings (SSSR count). The molecule has 2 aromatic rings. The highest BCUT2D eigenvalue weighted by Gasteiger charge is 2.12. The summed E-state index contributed by atoms with van der Waals surface area (Å²) in [6.07, 6.45) is 0. The number of rotatable bonds is 4. The molecule has 0 saturated heterocycles. The number of anilines is 1. The van der Waals surface area contributed by atoms with Crippen molar-refractivity contribution in [3.63, 3.8) is 0 Å². The van der Waals surface area contributed by atoms with Gasteiger partial charge in [0.15, 0.2) is 5.78 Å². The Hall–Kier alpha value is -2.12. The largest absolute Gasteiger partial charge is 0.366 e. The first-order chi connectivity index (χ1) is 8.72. The minimum Gasteiger partial charge on any atom is -0.366 e. The maximum Gasteiger partial charge on any atom is 0.191 e. The minimum absolute atomic E-state index is 0.0697. The molecule has 1 aromatic carbocycles. The van der Waals surface area contributed by atoms with Crippen molar-refractivity contribution in [2.75, 3.05) is 18.5 Å². The van der Waals surface area contributed by atoms with Crippen LogP contribution in [0.3, 0.4) is 0 Å². The fourth-order valence-corrected chi connectivity index (χ4v) is 2.37. The number of nitrogens with zero attached hydrogens (tertiary/aromatic N) is 2. The molecule has 4 heteroatoms. The highest BCUT2D eigenvalue weighted by molar-refractivity contribution is 7.12. The highest BCUT2D eigenvalue weighted by atomic mass is 32.1. The third-order valence-electron chi connectivity index (χ3n) is 2.61. The number of thiophene rings is 1. The summed E-state index contributed by atoms with van der Waals surface area (Å²) < 4.78 is 0. The van der Waals surface area contributed by atoms with Crippen LogP contribution in [0, 0.1) is 11.3 Å². The van der Waals surface area contributed by atoms with Gasteiger partial charge in [0.1, 0.15) is 6.07 Å². The van der Waals surface area contributed by atoms with Crippen LogP contribution in [0.1, 0.15) is 15.2 Å². The van der Waals surface area contributed by atoms with Gasteiger partial charge in [0.25, 0.3) is 0 Å². The van der Waals surface area contributed by atoms with Gasteiger partial charge in [0.2, 0.25) is 0 Å². The van der Waals surface area contributed by atoms with Crippen molar-refractivity contribution in [2.24, 2.45) is 0 Å². The molecule has 90 valence electrons. The zero-order valence-electron chi connectivity index (χ0n) is 9.96. The maximum absolute atomic E-state index is 12.0. The molecule has 18 heavy (non-hydrogen) atoms. The van der Waals surface area contributed by atoms with Crippen LogP contribution in [0.25, 0.3) is 0 Å². The van der Waals surface area contributed by atoms with Gasteiger partial charge in [-0.2, -0.15) is 5.26 Å². The summed E-state index contributed by atoms with van der Waals surface area (Å²) in [7, 11) is 1.82. The van der Waals surface area contributed by atoms with E-state index in [9.17, 15) is 4.79 Å². The minimum atomic E-state index is 0.0697. The molecule has 0 saturated carbocycles. The molecule has 0 aliphatic rings. The van der Waals surface area contributed by atoms with Gasteiger partial charge in [-0.1, -0.05) is 18.2 Å². The van der Waals surface area contributed by atoms with E-state index in [-0.39, 0.29) is 12.3 Å². The van der Waals surface area contributed by atoms with Crippen LogP contribution in [0.5, 0.6) is 0 Å². The second-order valence-electron chi connectivity index (χ2n) is 3.89. The van der Waals surface area contributed by atoms with E-state index in [1.54, 1.807) is 11.0 Å². The maximum atomic E-state index is 12.0. The molecule has 0 atom stereocenters. The summed E-state index contributed by atoms with van der Waals surface area (Å²) in [6, 6.07) is 13.1. The Morgan fingerprint density at radius 1 is 1.33 bits per heavy atom. The first-order valence-electron chi connectivity index (χ1n) is 5.49. The van der Waals surface area contributed by atoms with E-state index >= 15 is 0 Å². The van der Waals surface area contributed by atoms with Crippen molar-refractivity contribution in [1.29, 1.82) is 5.26 Å². The molecular weight excluding hydrogens is 244 g/mol. The van der Waals surface area contributed by atoms with Crippen LogP contribution in [-0.4, -0.2) is 19.4 Å². The number of para-hydroxylation sites is 1. The predicted molar refractivity (Wildman–Crippen MR) is 73.1 cm³/mol. The average Bonchev–Trinajstić information content (AvgIpc) is 2.92. The summed E-state index contributed by atoms with van der Waals surface area (Å²) in [6.45, 7) is 0.277. The van der Waals surface area contributed by atoms with E-state index < -0.39 is 0 Å². The number of benzene rings is 1. The van der Waals surface area contributed by atoms with Gasteiger partial charge in [0, 0.05) is 7.05 Å². The summed E-state index contributed by atoms with van der Waals surface area (Å²) in [5.74, 6) is 0.0697. The van der Waals surface area contributed by atoms with Crippen LogP contribution in [0.4, 0.5) is 5.69 Å². The van der Waals surface area contributed by atoms with Gasteiger partial charge >= 0.3 is 0 Å². The number of carbonyl (C=O) groups excluding carboxylic acids is 1. The molecule has 1 aromatic heterocycles. The zero-order valence-corrected chi connectivity index (χ0v) is 10.8. The van der Waals surface area contributed by atoms with Crippen LogP contribution in [0.2, 0.25) is 0 Å². The molecule has 0 fully saturated rings. The van der Waals surface area contributed by atoms with E-state index in [2.05, 4.69) is 6.07 Å². The van der Waals surface area contributed by atoms with E-state index in [1.165, 1.54) is 11.3 Å². The van der Waals surface area contributed by atoms with Crippen molar-refractivity contribution in [3.8, 4) is 6.07 Å². The molecule has 0 unspecified atom stereocenters. The van der Waals surface area contributed by atoms with Gasteiger partial charge < -0.3 is 4.90 Å². The number of hydrogen-bond acceptors (Lipinski definition) is 4. The SMILES string of the molecule is CN(CC(=O)c1cccs1)c1ccccc1C#N. The monoisotopic (exact) mass is 256 g/mol. The summed E-state index contributed by atoms with van der Waals surface area (Å²) >= 11 is 1.44. The molecule has 1 heterocycles. The Morgan fingerprint density at radius 2 is 2.11 bits per heavy atom. The molecule has 0 amide bonds. The van der Waals surface area contributed by atoms with E-state index in [0.29, 0.717) is 5.56 Å². The molecule has 0 N–H and O–H groups in total. The number of nitriles is 1. The van der Waals surface area contributed by atoms with Crippen LogP contribution >= 0.6 is 11.3 Å². The van der Waals surface area contributed by atoms with Crippen molar-refractivity contribution in [3.05, 3.63) is 52.2 Å². The van der Waals surface area contributed by atoms with Gasteiger partial charge in [-0.25, -0.2) is 0 Å². The number of hydrogen-bond donors (Lipinski definition) is 0. The second-order valence-corrected chi connectivity index (χ2v) is 4.83. The van der Waals surface area contributed by atoms with E-state index in [1.807, 2.05) is 42.8 Å². The molecule has 0 radical (unpaired) electrons. The van der Waals surface area contributed by atoms with Crippen molar-refractivity contribution < 1.29 is 4.79 Å². The van der Waals surface area contributed by atoms with Gasteiger partial charge in [-0.3, -0.25) is 4.79 Å². The lowest BCUT2D eigenvalue weighted by Gasteiger charge is -2.19. The normalized spacial score (nSPS) is 9.78. The Kier molecular flexibility index (Phi) is 3.75. The lowest BCUT2D eigenvalue weighted by molar-refractivity contribution is 0.100. The summed E-state index contributed by atoms with van der Waals surface area (Å²) in [4.78, 5) is 14.5. The third kappa shape index (κ3) is 2.58. The lowest BCUT2D eigenvalue weighted by Crippen LogP contribution is -2.25. The Labute approximate surface area is 110 Å².